The molecule has 0 rings (SSSR count). The number of hydrogen-bond acceptors (Lipinski definition) is 5. The highest BCUT2D eigenvalue weighted by atomic mass is 16.5. The molecule has 0 saturated carbocycles. The molecule has 0 aromatic heterocycles. The summed E-state index contributed by atoms with van der Waals surface area (Å²) < 4.78 is 4.75. The Hall–Kier alpha value is -1.44. The van der Waals surface area contributed by atoms with Gasteiger partial charge in [0.1, 0.15) is 0 Å². The van der Waals surface area contributed by atoms with Crippen LogP contribution in [-0.4, -0.2) is 68.4 Å². The predicted octanol–water partition coefficient (Wildman–Crippen LogP) is -1.06. The zero-order valence-corrected chi connectivity index (χ0v) is 10.6. The van der Waals surface area contributed by atoms with E-state index in [1.54, 1.807) is 11.0 Å². The summed E-state index contributed by atoms with van der Waals surface area (Å²) in [5, 5.41) is 13.5. The van der Waals surface area contributed by atoms with E-state index in [9.17, 15) is 9.59 Å². The van der Waals surface area contributed by atoms with Crippen LogP contribution in [0.4, 0.5) is 4.79 Å². The zero-order chi connectivity index (χ0) is 13.8. The minimum Gasteiger partial charge on any atom is -0.395 e. The van der Waals surface area contributed by atoms with Crippen molar-refractivity contribution in [3.8, 4) is 0 Å². The van der Waals surface area contributed by atoms with E-state index >= 15 is 0 Å². The number of urea groups is 1. The number of ether oxygens (including phenoxy) is 1. The first-order valence-electron chi connectivity index (χ1n) is 5.64. The summed E-state index contributed by atoms with van der Waals surface area (Å²) in [6, 6.07) is -0.556. The molecular formula is C11H21N3O4. The van der Waals surface area contributed by atoms with Gasteiger partial charge in [-0.3, -0.25) is 15.0 Å². The Bertz CT molecular complexity index is 271. The van der Waals surface area contributed by atoms with Crippen molar-refractivity contribution in [1.29, 1.82) is 0 Å². The number of hydrogen-bond donors (Lipinski definition) is 3. The number of methoxy groups -OCH3 is 1. The van der Waals surface area contributed by atoms with Gasteiger partial charge >= 0.3 is 6.03 Å². The lowest BCUT2D eigenvalue weighted by Crippen LogP contribution is -2.45. The number of nitrogens with zero attached hydrogens (tertiary/aromatic N) is 1. The van der Waals surface area contributed by atoms with Crippen LogP contribution >= 0.6 is 0 Å². The molecule has 3 amide bonds. The molecule has 7 nitrogen and oxygen atoms in total. The molecule has 18 heavy (non-hydrogen) atoms. The molecule has 0 aromatic rings. The summed E-state index contributed by atoms with van der Waals surface area (Å²) in [6.07, 6.45) is 1.63. The van der Waals surface area contributed by atoms with Gasteiger partial charge in [0, 0.05) is 26.7 Å². The van der Waals surface area contributed by atoms with Crippen LogP contribution in [0.3, 0.4) is 0 Å². The number of nitrogens with one attached hydrogen (secondary N) is 2. The molecule has 0 fully saturated rings. The molecule has 0 aliphatic heterocycles. The third-order valence-electron chi connectivity index (χ3n) is 2.02. The molecule has 0 spiro atoms. The molecule has 0 aromatic carbocycles. The molecular weight excluding hydrogens is 238 g/mol. The van der Waals surface area contributed by atoms with Crippen LogP contribution in [0.5, 0.6) is 0 Å². The maximum absolute atomic E-state index is 11.5. The van der Waals surface area contributed by atoms with E-state index in [1.165, 1.54) is 7.11 Å². The van der Waals surface area contributed by atoms with Gasteiger partial charge in [-0.25, -0.2) is 4.79 Å². The van der Waals surface area contributed by atoms with Gasteiger partial charge in [0.05, 0.1) is 19.8 Å². The molecule has 0 bridgehead atoms. The monoisotopic (exact) mass is 259 g/mol. The fraction of sp³-hybridized carbons (Fsp3) is 0.636. The number of aliphatic hydroxyl groups excluding tert-OH is 1. The number of rotatable bonds is 9. The summed E-state index contributed by atoms with van der Waals surface area (Å²) in [4.78, 5) is 24.4. The van der Waals surface area contributed by atoms with Gasteiger partial charge in [-0.15, -0.1) is 6.58 Å². The standard InChI is InChI=1S/C11H21N3O4/c1-3-5-14(6-7-15)9-10(16)13-11(17)12-4-8-18-2/h3,15H,1,4-9H2,2H3,(H2,12,13,16,17). The number of amides is 3. The van der Waals surface area contributed by atoms with E-state index in [0.29, 0.717) is 26.2 Å². The number of carbonyl (C=O) groups is 2. The smallest absolute Gasteiger partial charge is 0.321 e. The van der Waals surface area contributed by atoms with Gasteiger partial charge < -0.3 is 15.2 Å². The molecule has 3 N–H and O–H groups in total. The van der Waals surface area contributed by atoms with E-state index in [2.05, 4.69) is 17.2 Å². The van der Waals surface area contributed by atoms with Crippen LogP contribution in [0.2, 0.25) is 0 Å². The predicted molar refractivity (Wildman–Crippen MR) is 67.1 cm³/mol. The molecule has 0 atom stereocenters. The van der Waals surface area contributed by atoms with E-state index in [4.69, 9.17) is 9.84 Å². The molecule has 0 aliphatic carbocycles. The van der Waals surface area contributed by atoms with Crippen LogP contribution < -0.4 is 10.6 Å². The maximum Gasteiger partial charge on any atom is 0.321 e. The summed E-state index contributed by atoms with van der Waals surface area (Å²) in [6.45, 7) is 5.07. The van der Waals surface area contributed by atoms with Crippen molar-refractivity contribution in [3.05, 3.63) is 12.7 Å². The van der Waals surface area contributed by atoms with Crippen molar-refractivity contribution in [3.63, 3.8) is 0 Å². The molecule has 0 aliphatic rings. The first-order valence-corrected chi connectivity index (χ1v) is 5.64. The average Bonchev–Trinajstić information content (AvgIpc) is 2.29. The second kappa shape index (κ2) is 10.7. The largest absolute Gasteiger partial charge is 0.395 e. The zero-order valence-electron chi connectivity index (χ0n) is 10.6. The average molecular weight is 259 g/mol. The summed E-state index contributed by atoms with van der Waals surface area (Å²) in [5.41, 5.74) is 0. The topological polar surface area (TPSA) is 90.9 Å². The van der Waals surface area contributed by atoms with Gasteiger partial charge in [-0.05, 0) is 0 Å². The fourth-order valence-electron chi connectivity index (χ4n) is 1.24. The lowest BCUT2D eigenvalue weighted by molar-refractivity contribution is -0.121. The first kappa shape index (κ1) is 16.6. The molecule has 7 heteroatoms. The third kappa shape index (κ3) is 8.68. The Morgan fingerprint density at radius 1 is 1.50 bits per heavy atom. The minimum absolute atomic E-state index is 0.0320. The van der Waals surface area contributed by atoms with Crippen LogP contribution in [-0.2, 0) is 9.53 Å². The van der Waals surface area contributed by atoms with E-state index in [1.807, 2.05) is 0 Å². The Labute approximate surface area is 107 Å². The highest BCUT2D eigenvalue weighted by molar-refractivity contribution is 5.95. The first-order chi connectivity index (χ1) is 8.63. The highest BCUT2D eigenvalue weighted by Gasteiger charge is 2.11. The lowest BCUT2D eigenvalue weighted by Gasteiger charge is -2.18. The van der Waals surface area contributed by atoms with Gasteiger partial charge in [0.2, 0.25) is 5.91 Å². The fourth-order valence-corrected chi connectivity index (χ4v) is 1.24. The maximum atomic E-state index is 11.5. The summed E-state index contributed by atoms with van der Waals surface area (Å²) in [5.74, 6) is -0.430. The number of carbonyl (C=O) groups excluding carboxylic acids is 2. The van der Waals surface area contributed by atoms with Crippen molar-refractivity contribution in [1.82, 2.24) is 15.5 Å². The van der Waals surface area contributed by atoms with Gasteiger partial charge in [0.15, 0.2) is 0 Å². The quantitative estimate of drug-likeness (QED) is 0.363. The minimum atomic E-state index is -0.556. The van der Waals surface area contributed by atoms with Gasteiger partial charge in [0.25, 0.3) is 0 Å². The molecule has 0 unspecified atom stereocenters. The van der Waals surface area contributed by atoms with Crippen molar-refractivity contribution in [2.24, 2.45) is 0 Å². The number of aliphatic hydroxyl groups is 1. The second-order valence-electron chi connectivity index (χ2n) is 3.54. The van der Waals surface area contributed by atoms with Crippen molar-refractivity contribution >= 4 is 11.9 Å². The summed E-state index contributed by atoms with van der Waals surface area (Å²) >= 11 is 0. The van der Waals surface area contributed by atoms with Crippen LogP contribution in [0, 0.1) is 0 Å². The third-order valence-corrected chi connectivity index (χ3v) is 2.02. The lowest BCUT2D eigenvalue weighted by atomic mass is 10.4. The van der Waals surface area contributed by atoms with Crippen molar-refractivity contribution < 1.29 is 19.4 Å². The molecule has 0 radical (unpaired) electrons. The summed E-state index contributed by atoms with van der Waals surface area (Å²) in [7, 11) is 1.52. The van der Waals surface area contributed by atoms with Gasteiger partial charge in [-0.2, -0.15) is 0 Å². The Morgan fingerprint density at radius 3 is 2.78 bits per heavy atom. The van der Waals surface area contributed by atoms with Crippen LogP contribution in [0.1, 0.15) is 0 Å². The highest BCUT2D eigenvalue weighted by Crippen LogP contribution is 1.87. The van der Waals surface area contributed by atoms with E-state index in [0.717, 1.165) is 0 Å². The Kier molecular flexibility index (Phi) is 9.84. The van der Waals surface area contributed by atoms with Crippen LogP contribution in [0.15, 0.2) is 12.7 Å². The second-order valence-corrected chi connectivity index (χ2v) is 3.54. The van der Waals surface area contributed by atoms with Crippen molar-refractivity contribution in [2.75, 3.05) is 46.5 Å². The molecule has 0 saturated heterocycles. The number of imide groups is 1. The molecule has 0 heterocycles. The Balaban J connectivity index is 3.91. The Morgan fingerprint density at radius 2 is 2.22 bits per heavy atom. The normalized spacial score (nSPS) is 10.2. The van der Waals surface area contributed by atoms with Gasteiger partial charge in [-0.1, -0.05) is 6.08 Å². The van der Waals surface area contributed by atoms with E-state index < -0.39 is 11.9 Å². The van der Waals surface area contributed by atoms with Crippen molar-refractivity contribution in [2.45, 2.75) is 0 Å². The SMILES string of the molecule is C=CCN(CCO)CC(=O)NC(=O)NCCOC. The van der Waals surface area contributed by atoms with E-state index in [-0.39, 0.29) is 13.2 Å². The van der Waals surface area contributed by atoms with Crippen LogP contribution in [0.25, 0.3) is 0 Å². The molecule has 104 valence electrons.